The summed E-state index contributed by atoms with van der Waals surface area (Å²) in [7, 11) is 3.17. The molecule has 5 nitrogen and oxygen atoms in total. The standard InChI is InChI=1S/C19H23ClN2O3/c1-13(15-8-9-17(24-2)18(12-15)25-3)22-19(23)21-11-10-14-6-4-5-7-16(14)20/h4-9,12-13H,10-11H2,1-3H3,(H2,21,22,23). The van der Waals surface area contributed by atoms with Crippen LogP contribution in [0, 0.1) is 0 Å². The Balaban J connectivity index is 1.86. The molecule has 2 rings (SSSR count). The largest absolute Gasteiger partial charge is 0.493 e. The third kappa shape index (κ3) is 5.29. The molecule has 1 atom stereocenters. The lowest BCUT2D eigenvalue weighted by atomic mass is 10.1. The topological polar surface area (TPSA) is 59.6 Å². The van der Waals surface area contributed by atoms with Gasteiger partial charge in [0.1, 0.15) is 0 Å². The van der Waals surface area contributed by atoms with Crippen LogP contribution in [0.3, 0.4) is 0 Å². The molecular formula is C19H23ClN2O3. The Morgan fingerprint density at radius 2 is 1.84 bits per heavy atom. The third-order valence-corrected chi connectivity index (χ3v) is 4.26. The van der Waals surface area contributed by atoms with Crippen LogP contribution < -0.4 is 20.1 Å². The van der Waals surface area contributed by atoms with E-state index < -0.39 is 0 Å². The predicted octanol–water partition coefficient (Wildman–Crippen LogP) is 3.96. The van der Waals surface area contributed by atoms with Gasteiger partial charge in [-0.15, -0.1) is 0 Å². The number of carbonyl (C=O) groups is 1. The molecule has 0 aliphatic heterocycles. The summed E-state index contributed by atoms with van der Waals surface area (Å²) in [5.74, 6) is 1.29. The molecule has 0 aromatic heterocycles. The molecule has 0 heterocycles. The summed E-state index contributed by atoms with van der Waals surface area (Å²) in [6.45, 7) is 2.42. The molecule has 0 radical (unpaired) electrons. The number of benzene rings is 2. The van der Waals surface area contributed by atoms with E-state index in [1.54, 1.807) is 14.2 Å². The lowest BCUT2D eigenvalue weighted by molar-refractivity contribution is 0.238. The first-order valence-corrected chi connectivity index (χ1v) is 8.42. The average Bonchev–Trinajstić information content (AvgIpc) is 2.62. The minimum Gasteiger partial charge on any atom is -0.493 e. The highest BCUT2D eigenvalue weighted by atomic mass is 35.5. The smallest absolute Gasteiger partial charge is 0.315 e. The van der Waals surface area contributed by atoms with Crippen molar-refractivity contribution in [3.63, 3.8) is 0 Å². The van der Waals surface area contributed by atoms with Crippen LogP contribution in [0.15, 0.2) is 42.5 Å². The zero-order valence-electron chi connectivity index (χ0n) is 14.6. The maximum absolute atomic E-state index is 12.1. The summed E-state index contributed by atoms with van der Waals surface area (Å²) in [4.78, 5) is 12.1. The Morgan fingerprint density at radius 3 is 2.52 bits per heavy atom. The van der Waals surface area contributed by atoms with E-state index in [0.717, 1.165) is 11.1 Å². The van der Waals surface area contributed by atoms with Crippen molar-refractivity contribution in [3.8, 4) is 11.5 Å². The summed E-state index contributed by atoms with van der Waals surface area (Å²) in [6.07, 6.45) is 0.678. The normalized spacial score (nSPS) is 11.5. The highest BCUT2D eigenvalue weighted by Crippen LogP contribution is 2.29. The summed E-state index contributed by atoms with van der Waals surface area (Å²) in [6, 6.07) is 12.8. The molecule has 0 saturated carbocycles. The molecule has 2 aromatic rings. The van der Waals surface area contributed by atoms with Crippen LogP contribution in [0.1, 0.15) is 24.1 Å². The fourth-order valence-corrected chi connectivity index (χ4v) is 2.70. The molecule has 0 saturated heterocycles. The average molecular weight is 363 g/mol. The van der Waals surface area contributed by atoms with Gasteiger partial charge in [-0.3, -0.25) is 0 Å². The highest BCUT2D eigenvalue weighted by Gasteiger charge is 2.12. The van der Waals surface area contributed by atoms with E-state index in [0.29, 0.717) is 29.5 Å². The fraction of sp³-hybridized carbons (Fsp3) is 0.316. The van der Waals surface area contributed by atoms with Gasteiger partial charge in [0.25, 0.3) is 0 Å². The summed E-state index contributed by atoms with van der Waals surface area (Å²) in [5, 5.41) is 6.46. The van der Waals surface area contributed by atoms with Crippen molar-refractivity contribution in [1.29, 1.82) is 0 Å². The van der Waals surface area contributed by atoms with Crippen LogP contribution >= 0.6 is 11.6 Å². The monoisotopic (exact) mass is 362 g/mol. The van der Waals surface area contributed by atoms with Gasteiger partial charge < -0.3 is 20.1 Å². The Hall–Kier alpha value is -2.40. The van der Waals surface area contributed by atoms with Gasteiger partial charge in [-0.05, 0) is 42.7 Å². The van der Waals surface area contributed by atoms with Gasteiger partial charge in [-0.1, -0.05) is 35.9 Å². The zero-order chi connectivity index (χ0) is 18.2. The van der Waals surface area contributed by atoms with Crippen molar-refractivity contribution in [2.75, 3.05) is 20.8 Å². The second-order valence-corrected chi connectivity index (χ2v) is 5.98. The molecule has 0 bridgehead atoms. The van der Waals surface area contributed by atoms with Crippen LogP contribution in [-0.4, -0.2) is 26.8 Å². The van der Waals surface area contributed by atoms with E-state index in [-0.39, 0.29) is 12.1 Å². The maximum atomic E-state index is 12.1. The number of rotatable bonds is 7. The lowest BCUT2D eigenvalue weighted by Crippen LogP contribution is -2.38. The van der Waals surface area contributed by atoms with Crippen LogP contribution in [-0.2, 0) is 6.42 Å². The number of halogens is 1. The Kier molecular flexibility index (Phi) is 6.95. The quantitative estimate of drug-likeness (QED) is 0.783. The van der Waals surface area contributed by atoms with Crippen LogP contribution in [0.5, 0.6) is 11.5 Å². The van der Waals surface area contributed by atoms with E-state index in [9.17, 15) is 4.79 Å². The molecule has 134 valence electrons. The van der Waals surface area contributed by atoms with Crippen LogP contribution in [0.2, 0.25) is 5.02 Å². The molecular weight excluding hydrogens is 340 g/mol. The first kappa shape index (κ1) is 18.9. The molecule has 0 spiro atoms. The number of methoxy groups -OCH3 is 2. The third-order valence-electron chi connectivity index (χ3n) is 3.89. The van der Waals surface area contributed by atoms with Gasteiger partial charge >= 0.3 is 6.03 Å². The minimum atomic E-state index is -0.227. The van der Waals surface area contributed by atoms with Crippen LogP contribution in [0.4, 0.5) is 4.79 Å². The number of nitrogens with one attached hydrogen (secondary N) is 2. The van der Waals surface area contributed by atoms with E-state index in [4.69, 9.17) is 21.1 Å². The van der Waals surface area contributed by atoms with Gasteiger partial charge in [-0.25, -0.2) is 4.79 Å². The molecule has 1 unspecified atom stereocenters. The number of hydrogen-bond acceptors (Lipinski definition) is 3. The Morgan fingerprint density at radius 1 is 1.12 bits per heavy atom. The van der Waals surface area contributed by atoms with Crippen molar-refractivity contribution >= 4 is 17.6 Å². The maximum Gasteiger partial charge on any atom is 0.315 e. The Labute approximate surface area is 153 Å². The molecule has 0 aliphatic carbocycles. The summed E-state index contributed by atoms with van der Waals surface area (Å²) < 4.78 is 10.5. The SMILES string of the molecule is COc1ccc(C(C)NC(=O)NCCc2ccccc2Cl)cc1OC. The van der Waals surface area contributed by atoms with Gasteiger partial charge in [0.15, 0.2) is 11.5 Å². The zero-order valence-corrected chi connectivity index (χ0v) is 15.4. The summed E-state index contributed by atoms with van der Waals surface area (Å²) in [5.41, 5.74) is 1.94. The van der Waals surface area contributed by atoms with Gasteiger partial charge in [0.2, 0.25) is 0 Å². The van der Waals surface area contributed by atoms with Crippen molar-refractivity contribution in [1.82, 2.24) is 10.6 Å². The van der Waals surface area contributed by atoms with E-state index in [2.05, 4.69) is 10.6 Å². The molecule has 2 amide bonds. The number of ether oxygens (including phenoxy) is 2. The number of hydrogen-bond donors (Lipinski definition) is 2. The highest BCUT2D eigenvalue weighted by molar-refractivity contribution is 6.31. The van der Waals surface area contributed by atoms with Gasteiger partial charge in [0.05, 0.1) is 20.3 Å². The number of amides is 2. The van der Waals surface area contributed by atoms with Crippen molar-refractivity contribution in [3.05, 3.63) is 58.6 Å². The minimum absolute atomic E-state index is 0.167. The summed E-state index contributed by atoms with van der Waals surface area (Å²) >= 11 is 6.11. The van der Waals surface area contributed by atoms with E-state index in [1.807, 2.05) is 49.4 Å². The molecule has 0 fully saturated rings. The van der Waals surface area contributed by atoms with Gasteiger partial charge in [0, 0.05) is 11.6 Å². The number of urea groups is 1. The lowest BCUT2D eigenvalue weighted by Gasteiger charge is -2.17. The molecule has 0 aliphatic rings. The van der Waals surface area contributed by atoms with E-state index in [1.165, 1.54) is 0 Å². The molecule has 25 heavy (non-hydrogen) atoms. The van der Waals surface area contributed by atoms with Crippen LogP contribution in [0.25, 0.3) is 0 Å². The Bertz CT molecular complexity index is 722. The van der Waals surface area contributed by atoms with Crippen molar-refractivity contribution in [2.45, 2.75) is 19.4 Å². The predicted molar refractivity (Wildman–Crippen MR) is 99.7 cm³/mol. The van der Waals surface area contributed by atoms with Crippen molar-refractivity contribution in [2.24, 2.45) is 0 Å². The molecule has 2 aromatic carbocycles. The fourth-order valence-electron chi connectivity index (χ4n) is 2.46. The number of carbonyl (C=O) groups excluding carboxylic acids is 1. The van der Waals surface area contributed by atoms with Crippen molar-refractivity contribution < 1.29 is 14.3 Å². The first-order valence-electron chi connectivity index (χ1n) is 8.05. The second-order valence-electron chi connectivity index (χ2n) is 5.58. The molecule has 2 N–H and O–H groups in total. The second kappa shape index (κ2) is 9.18. The van der Waals surface area contributed by atoms with E-state index >= 15 is 0 Å². The first-order chi connectivity index (χ1) is 12.0. The molecule has 6 heteroatoms. The van der Waals surface area contributed by atoms with Gasteiger partial charge in [-0.2, -0.15) is 0 Å².